The van der Waals surface area contributed by atoms with Crippen molar-refractivity contribution >= 4 is 28.5 Å². The highest BCUT2D eigenvalue weighted by Crippen LogP contribution is 2.14. The van der Waals surface area contributed by atoms with Crippen molar-refractivity contribution in [1.29, 1.82) is 0 Å². The second kappa shape index (κ2) is 7.60. The molecule has 0 atom stereocenters. The van der Waals surface area contributed by atoms with Crippen molar-refractivity contribution in [3.63, 3.8) is 0 Å². The van der Waals surface area contributed by atoms with Gasteiger partial charge in [0.25, 0.3) is 5.56 Å². The smallest absolute Gasteiger partial charge is 0.294 e. The van der Waals surface area contributed by atoms with E-state index in [9.17, 15) is 4.79 Å². The minimum Gasteiger partial charge on any atom is -0.361 e. The van der Waals surface area contributed by atoms with Gasteiger partial charge in [-0.15, -0.1) is 0 Å². The van der Waals surface area contributed by atoms with Crippen LogP contribution in [0.25, 0.3) is 11.0 Å². The number of rotatable bonds is 5. The van der Waals surface area contributed by atoms with Crippen molar-refractivity contribution in [2.24, 2.45) is 0 Å². The van der Waals surface area contributed by atoms with Crippen LogP contribution < -0.4 is 10.9 Å². The maximum absolute atomic E-state index is 13.1. The first-order valence-corrected chi connectivity index (χ1v) is 8.95. The Morgan fingerprint density at radius 3 is 2.52 bits per heavy atom. The Balaban J connectivity index is 1.71. The molecule has 4 aromatic rings. The van der Waals surface area contributed by atoms with E-state index in [1.165, 1.54) is 0 Å². The molecule has 6 heteroatoms. The molecule has 0 amide bonds. The maximum atomic E-state index is 13.1. The summed E-state index contributed by atoms with van der Waals surface area (Å²) >= 11 is 5.93. The summed E-state index contributed by atoms with van der Waals surface area (Å²) in [6.45, 7) is 0.946. The van der Waals surface area contributed by atoms with E-state index in [-0.39, 0.29) is 5.56 Å². The summed E-state index contributed by atoms with van der Waals surface area (Å²) in [6.07, 6.45) is 3.35. The first-order chi connectivity index (χ1) is 13.2. The lowest BCUT2D eigenvalue weighted by atomic mass is 10.2. The zero-order valence-electron chi connectivity index (χ0n) is 14.5. The Bertz CT molecular complexity index is 1120. The van der Waals surface area contributed by atoms with Crippen molar-refractivity contribution in [3.05, 3.63) is 99.6 Å². The third-order valence-corrected chi connectivity index (χ3v) is 4.56. The quantitative estimate of drug-likeness (QED) is 0.569. The molecule has 0 unspecified atom stereocenters. The number of fused-ring (bicyclic) bond motifs is 1. The zero-order valence-corrected chi connectivity index (χ0v) is 15.2. The molecule has 5 nitrogen and oxygen atoms in total. The van der Waals surface area contributed by atoms with E-state index in [0.29, 0.717) is 29.4 Å². The second-order valence-electron chi connectivity index (χ2n) is 6.18. The van der Waals surface area contributed by atoms with E-state index in [2.05, 4.69) is 15.3 Å². The molecule has 0 saturated heterocycles. The highest BCUT2D eigenvalue weighted by atomic mass is 35.5. The molecule has 1 N–H and O–H groups in total. The van der Waals surface area contributed by atoms with E-state index in [0.717, 1.165) is 16.6 Å². The van der Waals surface area contributed by atoms with Gasteiger partial charge in [0.15, 0.2) is 5.82 Å². The second-order valence-corrected chi connectivity index (χ2v) is 6.62. The largest absolute Gasteiger partial charge is 0.361 e. The number of hydrogen-bond acceptors (Lipinski definition) is 4. The Labute approximate surface area is 161 Å². The highest BCUT2D eigenvalue weighted by molar-refractivity contribution is 6.30. The van der Waals surface area contributed by atoms with Gasteiger partial charge in [-0.2, -0.15) is 0 Å². The molecular formula is C21H17ClN4O. The van der Waals surface area contributed by atoms with Gasteiger partial charge in [0, 0.05) is 17.8 Å². The molecule has 27 heavy (non-hydrogen) atoms. The Morgan fingerprint density at radius 2 is 1.74 bits per heavy atom. The van der Waals surface area contributed by atoms with Crippen LogP contribution in [0.2, 0.25) is 5.02 Å². The number of anilines is 1. The van der Waals surface area contributed by atoms with Gasteiger partial charge in [-0.25, -0.2) is 4.98 Å². The third-order valence-electron chi connectivity index (χ3n) is 4.31. The van der Waals surface area contributed by atoms with Crippen LogP contribution in [0.5, 0.6) is 0 Å². The number of nitrogens with one attached hydrogen (secondary N) is 1. The molecule has 4 rings (SSSR count). The molecule has 0 saturated carbocycles. The van der Waals surface area contributed by atoms with Gasteiger partial charge in [-0.1, -0.05) is 54.1 Å². The molecule has 134 valence electrons. The topological polar surface area (TPSA) is 59.8 Å². The average Bonchev–Trinajstić information content (AvgIpc) is 2.71. The molecule has 0 radical (unpaired) electrons. The summed E-state index contributed by atoms with van der Waals surface area (Å²) in [5.74, 6) is 0.319. The normalized spacial score (nSPS) is 10.9. The minimum atomic E-state index is -0.173. The number of pyridine rings is 1. The van der Waals surface area contributed by atoms with E-state index in [1.54, 1.807) is 17.0 Å². The van der Waals surface area contributed by atoms with Gasteiger partial charge in [0.2, 0.25) is 0 Å². The van der Waals surface area contributed by atoms with Crippen molar-refractivity contribution in [1.82, 2.24) is 14.5 Å². The van der Waals surface area contributed by atoms with Crippen LogP contribution in [0, 0.1) is 0 Å². The van der Waals surface area contributed by atoms with E-state index < -0.39 is 0 Å². The first-order valence-electron chi connectivity index (χ1n) is 8.57. The first kappa shape index (κ1) is 17.2. The minimum absolute atomic E-state index is 0.173. The fourth-order valence-electron chi connectivity index (χ4n) is 2.91. The molecule has 0 aliphatic carbocycles. The van der Waals surface area contributed by atoms with Crippen LogP contribution in [0.15, 0.2) is 77.9 Å². The van der Waals surface area contributed by atoms with E-state index in [1.807, 2.05) is 60.7 Å². The molecule has 0 aliphatic rings. The number of nitrogens with zero attached hydrogens (tertiary/aromatic N) is 3. The average molecular weight is 377 g/mol. The lowest BCUT2D eigenvalue weighted by Gasteiger charge is -2.13. The van der Waals surface area contributed by atoms with E-state index >= 15 is 0 Å². The number of benzene rings is 2. The summed E-state index contributed by atoms with van der Waals surface area (Å²) < 4.78 is 1.70. The summed E-state index contributed by atoms with van der Waals surface area (Å²) in [4.78, 5) is 21.7. The maximum Gasteiger partial charge on any atom is 0.294 e. The molecule has 0 spiro atoms. The van der Waals surface area contributed by atoms with Gasteiger partial charge in [0.1, 0.15) is 0 Å². The van der Waals surface area contributed by atoms with Crippen LogP contribution in [0.3, 0.4) is 0 Å². The molecule has 2 aromatic heterocycles. The number of hydrogen-bond donors (Lipinski definition) is 1. The lowest BCUT2D eigenvalue weighted by molar-refractivity contribution is 0.785. The third kappa shape index (κ3) is 3.83. The molecule has 2 aromatic carbocycles. The SMILES string of the molecule is O=c1c(NCc2ccc(Cl)cc2)nc2ccncc2n1Cc1ccccc1. The molecule has 0 fully saturated rings. The van der Waals surface area contributed by atoms with Crippen LogP contribution >= 0.6 is 11.6 Å². The van der Waals surface area contributed by atoms with Gasteiger partial charge >= 0.3 is 0 Å². The van der Waals surface area contributed by atoms with E-state index in [4.69, 9.17) is 11.6 Å². The number of halogens is 1. The van der Waals surface area contributed by atoms with Crippen molar-refractivity contribution in [2.45, 2.75) is 13.1 Å². The van der Waals surface area contributed by atoms with Crippen molar-refractivity contribution in [2.75, 3.05) is 5.32 Å². The summed E-state index contributed by atoms with van der Waals surface area (Å²) in [5, 5.41) is 3.84. The Morgan fingerprint density at radius 1 is 0.963 bits per heavy atom. The van der Waals surface area contributed by atoms with Crippen LogP contribution in [-0.2, 0) is 13.1 Å². The molecule has 0 bridgehead atoms. The van der Waals surface area contributed by atoms with Gasteiger partial charge in [-0.05, 0) is 29.3 Å². The molecule has 2 heterocycles. The van der Waals surface area contributed by atoms with Crippen LogP contribution in [0.1, 0.15) is 11.1 Å². The van der Waals surface area contributed by atoms with Crippen LogP contribution in [-0.4, -0.2) is 14.5 Å². The summed E-state index contributed by atoms with van der Waals surface area (Å²) in [7, 11) is 0. The predicted octanol–water partition coefficient (Wildman–Crippen LogP) is 4.11. The molecular weight excluding hydrogens is 360 g/mol. The fraction of sp³-hybridized carbons (Fsp3) is 0.0952. The fourth-order valence-corrected chi connectivity index (χ4v) is 3.04. The zero-order chi connectivity index (χ0) is 18.6. The van der Waals surface area contributed by atoms with Gasteiger partial charge in [0.05, 0.1) is 23.8 Å². The Hall–Kier alpha value is -3.18. The van der Waals surface area contributed by atoms with Crippen molar-refractivity contribution < 1.29 is 0 Å². The summed E-state index contributed by atoms with van der Waals surface area (Å²) in [6, 6.07) is 19.2. The monoisotopic (exact) mass is 376 g/mol. The number of aromatic nitrogens is 3. The van der Waals surface area contributed by atoms with Crippen LogP contribution in [0.4, 0.5) is 5.82 Å². The summed E-state index contributed by atoms with van der Waals surface area (Å²) in [5.41, 5.74) is 3.32. The highest BCUT2D eigenvalue weighted by Gasteiger charge is 2.11. The molecule has 0 aliphatic heterocycles. The van der Waals surface area contributed by atoms with Crippen molar-refractivity contribution in [3.8, 4) is 0 Å². The van der Waals surface area contributed by atoms with Gasteiger partial charge in [-0.3, -0.25) is 14.3 Å². The standard InChI is InChI=1S/C21H17ClN4O/c22-17-8-6-15(7-9-17)12-24-20-21(27)26(14-16-4-2-1-3-5-16)19-13-23-11-10-18(19)25-20/h1-11,13H,12,14H2,(H,24,25). The Kier molecular flexibility index (Phi) is 4.85. The predicted molar refractivity (Wildman–Crippen MR) is 108 cm³/mol. The van der Waals surface area contributed by atoms with Gasteiger partial charge < -0.3 is 5.32 Å². The lowest BCUT2D eigenvalue weighted by Crippen LogP contribution is -2.26.